The molecule has 0 radical (unpaired) electrons. The highest BCUT2D eigenvalue weighted by Gasteiger charge is 2.17. The van der Waals surface area contributed by atoms with Crippen LogP contribution in [0.4, 0.5) is 0 Å². The maximum absolute atomic E-state index is 11.6. The zero-order valence-corrected chi connectivity index (χ0v) is 10.5. The van der Waals surface area contributed by atoms with Gasteiger partial charge in [0.1, 0.15) is 6.61 Å². The number of esters is 1. The van der Waals surface area contributed by atoms with Crippen molar-refractivity contribution in [3.8, 4) is 0 Å². The summed E-state index contributed by atoms with van der Waals surface area (Å²) in [7, 11) is 0. The molecule has 88 valence electrons. The second-order valence-electron chi connectivity index (χ2n) is 4.63. The van der Waals surface area contributed by atoms with Crippen LogP contribution in [0.1, 0.15) is 31.9 Å². The number of carbonyl (C=O) groups is 1. The summed E-state index contributed by atoms with van der Waals surface area (Å²) in [4.78, 5) is 11.6. The Hall–Kier alpha value is -1.31. The highest BCUT2D eigenvalue weighted by atomic mass is 16.5. The van der Waals surface area contributed by atoms with Crippen molar-refractivity contribution >= 4 is 5.97 Å². The van der Waals surface area contributed by atoms with Crippen LogP contribution in [0.3, 0.4) is 0 Å². The van der Waals surface area contributed by atoms with E-state index in [1.165, 1.54) is 5.56 Å². The molecule has 0 spiro atoms. The van der Waals surface area contributed by atoms with Crippen LogP contribution in [-0.2, 0) is 16.1 Å². The van der Waals surface area contributed by atoms with Gasteiger partial charge >= 0.3 is 5.97 Å². The van der Waals surface area contributed by atoms with Gasteiger partial charge in [0.15, 0.2) is 0 Å². The first-order valence-corrected chi connectivity index (χ1v) is 5.73. The Morgan fingerprint density at radius 3 is 2.25 bits per heavy atom. The zero-order valence-electron chi connectivity index (χ0n) is 10.5. The molecule has 1 atom stereocenters. The summed E-state index contributed by atoms with van der Waals surface area (Å²) in [6, 6.07) is 8.02. The summed E-state index contributed by atoms with van der Waals surface area (Å²) in [6.45, 7) is 8.37. The van der Waals surface area contributed by atoms with E-state index in [4.69, 9.17) is 4.74 Å². The van der Waals surface area contributed by atoms with Crippen LogP contribution in [0.25, 0.3) is 0 Å². The molecular weight excluding hydrogens is 200 g/mol. The van der Waals surface area contributed by atoms with E-state index in [9.17, 15) is 4.79 Å². The monoisotopic (exact) mass is 220 g/mol. The lowest BCUT2D eigenvalue weighted by Gasteiger charge is -2.14. The number of hydrogen-bond acceptors (Lipinski definition) is 2. The predicted octanol–water partition coefficient (Wildman–Crippen LogP) is 3.33. The number of carbonyl (C=O) groups excluding carboxylic acids is 1. The first-order chi connectivity index (χ1) is 7.50. The van der Waals surface area contributed by atoms with Gasteiger partial charge in [-0.05, 0) is 18.4 Å². The lowest BCUT2D eigenvalue weighted by atomic mass is 9.99. The average molecular weight is 220 g/mol. The summed E-state index contributed by atoms with van der Waals surface area (Å²) >= 11 is 0. The molecule has 0 amide bonds. The summed E-state index contributed by atoms with van der Waals surface area (Å²) in [5, 5.41) is 0. The van der Waals surface area contributed by atoms with Crippen molar-refractivity contribution in [1.29, 1.82) is 0 Å². The molecule has 0 aliphatic rings. The Bertz CT molecular complexity index is 338. The molecule has 0 aliphatic heterocycles. The topological polar surface area (TPSA) is 26.3 Å². The first-order valence-electron chi connectivity index (χ1n) is 5.73. The van der Waals surface area contributed by atoms with Gasteiger partial charge in [-0.15, -0.1) is 0 Å². The molecular formula is C14H20O2. The van der Waals surface area contributed by atoms with E-state index in [1.54, 1.807) is 0 Å². The highest BCUT2D eigenvalue weighted by Crippen LogP contribution is 2.13. The maximum Gasteiger partial charge on any atom is 0.309 e. The number of benzene rings is 1. The van der Waals surface area contributed by atoms with Crippen LogP contribution in [0.5, 0.6) is 0 Å². The fourth-order valence-corrected chi connectivity index (χ4v) is 1.24. The lowest BCUT2D eigenvalue weighted by molar-refractivity contribution is -0.150. The second kappa shape index (κ2) is 5.69. The normalized spacial score (nSPS) is 12.6. The van der Waals surface area contributed by atoms with Crippen molar-refractivity contribution in [2.75, 3.05) is 0 Å². The number of aryl methyl sites for hydroxylation is 1. The molecule has 0 N–H and O–H groups in total. The van der Waals surface area contributed by atoms with Gasteiger partial charge in [-0.1, -0.05) is 50.6 Å². The van der Waals surface area contributed by atoms with Crippen molar-refractivity contribution in [1.82, 2.24) is 0 Å². The van der Waals surface area contributed by atoms with Gasteiger partial charge in [0.2, 0.25) is 0 Å². The number of hydrogen-bond donors (Lipinski definition) is 0. The minimum Gasteiger partial charge on any atom is -0.461 e. The van der Waals surface area contributed by atoms with E-state index in [-0.39, 0.29) is 11.9 Å². The van der Waals surface area contributed by atoms with Crippen molar-refractivity contribution in [2.45, 2.75) is 34.3 Å². The van der Waals surface area contributed by atoms with Crippen molar-refractivity contribution in [3.63, 3.8) is 0 Å². The van der Waals surface area contributed by atoms with Gasteiger partial charge in [0.05, 0.1) is 5.92 Å². The van der Waals surface area contributed by atoms with E-state index in [0.29, 0.717) is 12.5 Å². The Kier molecular flexibility index (Phi) is 4.53. The number of ether oxygens (including phenoxy) is 1. The van der Waals surface area contributed by atoms with Gasteiger partial charge in [-0.2, -0.15) is 0 Å². The van der Waals surface area contributed by atoms with Crippen LogP contribution in [-0.4, -0.2) is 5.97 Å². The number of rotatable bonds is 4. The summed E-state index contributed by atoms with van der Waals surface area (Å²) in [5.74, 6) is 0.173. The lowest BCUT2D eigenvalue weighted by Crippen LogP contribution is -2.19. The van der Waals surface area contributed by atoms with E-state index in [1.807, 2.05) is 52.0 Å². The minimum absolute atomic E-state index is 0.0366. The van der Waals surface area contributed by atoms with E-state index >= 15 is 0 Å². The van der Waals surface area contributed by atoms with Crippen molar-refractivity contribution in [3.05, 3.63) is 35.4 Å². The molecule has 0 fully saturated rings. The van der Waals surface area contributed by atoms with E-state index in [0.717, 1.165) is 5.56 Å². The minimum atomic E-state index is -0.115. The van der Waals surface area contributed by atoms with E-state index < -0.39 is 0 Å². The third-order valence-electron chi connectivity index (χ3n) is 2.87. The average Bonchev–Trinajstić information content (AvgIpc) is 2.26. The van der Waals surface area contributed by atoms with Crippen molar-refractivity contribution < 1.29 is 9.53 Å². The van der Waals surface area contributed by atoms with E-state index in [2.05, 4.69) is 0 Å². The Morgan fingerprint density at radius 1 is 1.19 bits per heavy atom. The zero-order chi connectivity index (χ0) is 12.1. The summed E-state index contributed by atoms with van der Waals surface area (Å²) in [5.41, 5.74) is 2.25. The smallest absolute Gasteiger partial charge is 0.309 e. The fourth-order valence-electron chi connectivity index (χ4n) is 1.24. The maximum atomic E-state index is 11.6. The molecule has 1 rings (SSSR count). The van der Waals surface area contributed by atoms with Gasteiger partial charge < -0.3 is 4.74 Å². The highest BCUT2D eigenvalue weighted by molar-refractivity contribution is 5.72. The van der Waals surface area contributed by atoms with Crippen LogP contribution in [0.15, 0.2) is 24.3 Å². The van der Waals surface area contributed by atoms with Crippen LogP contribution in [0.2, 0.25) is 0 Å². The molecule has 2 nitrogen and oxygen atoms in total. The standard InChI is InChI=1S/C14H20O2/c1-10(2)12(4)14(15)16-9-13-7-5-11(3)6-8-13/h5-8,10,12H,9H2,1-4H3/t12-/m0/s1. The predicted molar refractivity (Wildman–Crippen MR) is 65.0 cm³/mol. The molecule has 2 heteroatoms. The van der Waals surface area contributed by atoms with Gasteiger partial charge in [-0.3, -0.25) is 4.79 Å². The Labute approximate surface area is 97.6 Å². The molecule has 0 heterocycles. The molecule has 0 saturated heterocycles. The Balaban J connectivity index is 2.46. The third kappa shape index (κ3) is 3.69. The Morgan fingerprint density at radius 2 is 1.75 bits per heavy atom. The van der Waals surface area contributed by atoms with Gasteiger partial charge in [-0.25, -0.2) is 0 Å². The largest absolute Gasteiger partial charge is 0.461 e. The summed E-state index contributed by atoms with van der Waals surface area (Å²) in [6.07, 6.45) is 0. The summed E-state index contributed by atoms with van der Waals surface area (Å²) < 4.78 is 5.25. The molecule has 1 aromatic carbocycles. The first kappa shape index (κ1) is 12.8. The molecule has 0 unspecified atom stereocenters. The molecule has 16 heavy (non-hydrogen) atoms. The van der Waals surface area contributed by atoms with Crippen LogP contribution >= 0.6 is 0 Å². The molecule has 0 aromatic heterocycles. The van der Waals surface area contributed by atoms with Gasteiger partial charge in [0.25, 0.3) is 0 Å². The van der Waals surface area contributed by atoms with Gasteiger partial charge in [0, 0.05) is 0 Å². The molecule has 1 aromatic rings. The molecule has 0 bridgehead atoms. The third-order valence-corrected chi connectivity index (χ3v) is 2.87. The SMILES string of the molecule is Cc1ccc(COC(=O)[C@@H](C)C(C)C)cc1. The van der Waals surface area contributed by atoms with Crippen LogP contribution < -0.4 is 0 Å². The fraction of sp³-hybridized carbons (Fsp3) is 0.500. The molecule has 0 aliphatic carbocycles. The van der Waals surface area contributed by atoms with Crippen LogP contribution in [0, 0.1) is 18.8 Å². The second-order valence-corrected chi connectivity index (χ2v) is 4.63. The van der Waals surface area contributed by atoms with Crippen molar-refractivity contribution in [2.24, 2.45) is 11.8 Å². The molecule has 0 saturated carbocycles. The quantitative estimate of drug-likeness (QED) is 0.727.